The van der Waals surface area contributed by atoms with Crippen LogP contribution in [0.4, 0.5) is 5.69 Å². The number of aromatic nitrogens is 2. The molecule has 1 aromatic carbocycles. The van der Waals surface area contributed by atoms with Crippen molar-refractivity contribution in [1.82, 2.24) is 14.7 Å². The van der Waals surface area contributed by atoms with E-state index in [9.17, 15) is 4.79 Å². The van der Waals surface area contributed by atoms with Crippen LogP contribution < -0.4 is 10.9 Å². The molecule has 2 aromatic rings. The summed E-state index contributed by atoms with van der Waals surface area (Å²) in [6.45, 7) is 7.78. The Hall–Kier alpha value is -1.85. The average molecular weight is 361 g/mol. The number of halogens is 1. The van der Waals surface area contributed by atoms with E-state index >= 15 is 0 Å². The first-order valence-electron chi connectivity index (χ1n) is 8.86. The molecule has 0 radical (unpaired) electrons. The van der Waals surface area contributed by atoms with Gasteiger partial charge in [0.25, 0.3) is 5.56 Å². The second kappa shape index (κ2) is 8.02. The highest BCUT2D eigenvalue weighted by Gasteiger charge is 2.21. The summed E-state index contributed by atoms with van der Waals surface area (Å²) < 4.78 is 1.33. The molecule has 0 amide bonds. The van der Waals surface area contributed by atoms with Gasteiger partial charge in [0, 0.05) is 25.7 Å². The molecule has 1 aliphatic heterocycles. The molecule has 0 spiro atoms. The van der Waals surface area contributed by atoms with Crippen LogP contribution in [0.1, 0.15) is 26.7 Å². The predicted molar refractivity (Wildman–Crippen MR) is 103 cm³/mol. The van der Waals surface area contributed by atoms with E-state index in [2.05, 4.69) is 29.2 Å². The van der Waals surface area contributed by atoms with Crippen molar-refractivity contribution >= 4 is 17.3 Å². The minimum absolute atomic E-state index is 0.198. The lowest BCUT2D eigenvalue weighted by atomic mass is 10.0. The minimum atomic E-state index is -0.296. The van der Waals surface area contributed by atoms with Gasteiger partial charge in [0.1, 0.15) is 5.02 Å². The van der Waals surface area contributed by atoms with Gasteiger partial charge in [0.15, 0.2) is 0 Å². The van der Waals surface area contributed by atoms with Crippen molar-refractivity contribution in [2.24, 2.45) is 5.92 Å². The maximum Gasteiger partial charge on any atom is 0.292 e. The standard InChI is InChI=1S/C19H25ClN4O/c1-14(2)13-23-10-8-15(9-11-23)22-17-12-21-24(19(25)18(17)20)16-6-4-3-5-7-16/h3-7,12,14-15,22H,8-11,13H2,1-2H3. The van der Waals surface area contributed by atoms with Crippen LogP contribution >= 0.6 is 11.6 Å². The summed E-state index contributed by atoms with van der Waals surface area (Å²) in [6.07, 6.45) is 3.74. The molecule has 134 valence electrons. The minimum Gasteiger partial charge on any atom is -0.380 e. The van der Waals surface area contributed by atoms with E-state index < -0.39 is 0 Å². The van der Waals surface area contributed by atoms with Crippen molar-refractivity contribution in [2.45, 2.75) is 32.7 Å². The number of nitrogens with one attached hydrogen (secondary N) is 1. The SMILES string of the molecule is CC(C)CN1CCC(Nc2cnn(-c3ccccc3)c(=O)c2Cl)CC1. The van der Waals surface area contributed by atoms with Gasteiger partial charge in [-0.05, 0) is 30.9 Å². The summed E-state index contributed by atoms with van der Waals surface area (Å²) in [5.74, 6) is 0.689. The summed E-state index contributed by atoms with van der Waals surface area (Å²) in [7, 11) is 0. The number of rotatable bonds is 5. The molecule has 1 N–H and O–H groups in total. The van der Waals surface area contributed by atoms with Gasteiger partial charge >= 0.3 is 0 Å². The van der Waals surface area contributed by atoms with Crippen LogP contribution in [-0.2, 0) is 0 Å². The lowest BCUT2D eigenvalue weighted by molar-refractivity contribution is 0.198. The highest BCUT2D eigenvalue weighted by atomic mass is 35.5. The Kier molecular flexibility index (Phi) is 5.76. The molecular formula is C19H25ClN4O. The topological polar surface area (TPSA) is 50.2 Å². The van der Waals surface area contributed by atoms with E-state index in [1.54, 1.807) is 6.20 Å². The van der Waals surface area contributed by atoms with Gasteiger partial charge < -0.3 is 10.2 Å². The maximum absolute atomic E-state index is 12.5. The molecule has 0 saturated carbocycles. The second-order valence-corrected chi connectivity index (χ2v) is 7.42. The average Bonchev–Trinajstić information content (AvgIpc) is 2.61. The summed E-state index contributed by atoms with van der Waals surface area (Å²) in [5, 5.41) is 7.88. The molecule has 1 saturated heterocycles. The van der Waals surface area contributed by atoms with Crippen LogP contribution in [0.2, 0.25) is 5.02 Å². The summed E-state index contributed by atoms with van der Waals surface area (Å²) in [5.41, 5.74) is 1.04. The number of nitrogens with zero attached hydrogens (tertiary/aromatic N) is 3. The fraction of sp³-hybridized carbons (Fsp3) is 0.474. The predicted octanol–water partition coefficient (Wildman–Crippen LogP) is 3.42. The molecule has 0 aliphatic carbocycles. The Balaban J connectivity index is 1.68. The quantitative estimate of drug-likeness (QED) is 0.887. The molecule has 1 aliphatic rings. The van der Waals surface area contributed by atoms with Gasteiger partial charge in [-0.2, -0.15) is 9.78 Å². The van der Waals surface area contributed by atoms with Crippen LogP contribution in [0.15, 0.2) is 41.3 Å². The third kappa shape index (κ3) is 4.41. The van der Waals surface area contributed by atoms with E-state index in [0.717, 1.165) is 32.5 Å². The number of para-hydroxylation sites is 1. The third-order valence-corrected chi connectivity index (χ3v) is 4.86. The molecule has 1 aromatic heterocycles. The molecule has 25 heavy (non-hydrogen) atoms. The maximum atomic E-state index is 12.5. The lowest BCUT2D eigenvalue weighted by Gasteiger charge is -2.33. The Morgan fingerprint density at radius 3 is 2.56 bits per heavy atom. The molecule has 5 nitrogen and oxygen atoms in total. The largest absolute Gasteiger partial charge is 0.380 e. The second-order valence-electron chi connectivity index (χ2n) is 7.04. The summed E-state index contributed by atoms with van der Waals surface area (Å²) >= 11 is 6.32. The summed E-state index contributed by atoms with van der Waals surface area (Å²) in [4.78, 5) is 15.0. The van der Waals surface area contributed by atoms with Crippen LogP contribution in [-0.4, -0.2) is 40.4 Å². The molecule has 0 unspecified atom stereocenters. The highest BCUT2D eigenvalue weighted by molar-refractivity contribution is 6.32. The van der Waals surface area contributed by atoms with Crippen molar-refractivity contribution in [3.63, 3.8) is 0 Å². The normalized spacial score (nSPS) is 16.3. The number of benzene rings is 1. The summed E-state index contributed by atoms with van der Waals surface area (Å²) in [6, 6.07) is 9.64. The first kappa shape index (κ1) is 18.0. The molecule has 1 fully saturated rings. The number of hydrogen-bond donors (Lipinski definition) is 1. The Morgan fingerprint density at radius 2 is 1.92 bits per heavy atom. The molecule has 6 heteroatoms. The third-order valence-electron chi connectivity index (χ3n) is 4.49. The van der Waals surface area contributed by atoms with E-state index in [0.29, 0.717) is 23.3 Å². The molecule has 0 atom stereocenters. The van der Waals surface area contributed by atoms with Crippen molar-refractivity contribution in [1.29, 1.82) is 0 Å². The number of hydrogen-bond acceptors (Lipinski definition) is 4. The smallest absolute Gasteiger partial charge is 0.292 e. The monoisotopic (exact) mass is 360 g/mol. The van der Waals surface area contributed by atoms with E-state index in [-0.39, 0.29) is 10.6 Å². The zero-order valence-corrected chi connectivity index (χ0v) is 15.5. The first-order chi connectivity index (χ1) is 12.0. The van der Waals surface area contributed by atoms with Gasteiger partial charge in [-0.25, -0.2) is 0 Å². The lowest BCUT2D eigenvalue weighted by Crippen LogP contribution is -2.41. The number of piperidine rings is 1. The molecule has 3 rings (SSSR count). The highest BCUT2D eigenvalue weighted by Crippen LogP contribution is 2.21. The van der Waals surface area contributed by atoms with Crippen LogP contribution in [0.5, 0.6) is 0 Å². The van der Waals surface area contributed by atoms with Gasteiger partial charge in [0.05, 0.1) is 17.6 Å². The first-order valence-corrected chi connectivity index (χ1v) is 9.24. The molecule has 0 bridgehead atoms. The Morgan fingerprint density at radius 1 is 1.24 bits per heavy atom. The van der Waals surface area contributed by atoms with E-state index in [4.69, 9.17) is 11.6 Å². The van der Waals surface area contributed by atoms with E-state index in [1.807, 2.05) is 30.3 Å². The van der Waals surface area contributed by atoms with Crippen molar-refractivity contribution < 1.29 is 0 Å². The van der Waals surface area contributed by atoms with E-state index in [1.165, 1.54) is 4.68 Å². The van der Waals surface area contributed by atoms with Gasteiger partial charge in [-0.1, -0.05) is 43.6 Å². The zero-order valence-electron chi connectivity index (χ0n) is 14.8. The van der Waals surface area contributed by atoms with Crippen LogP contribution in [0.25, 0.3) is 5.69 Å². The van der Waals surface area contributed by atoms with Crippen molar-refractivity contribution in [3.05, 3.63) is 51.9 Å². The van der Waals surface area contributed by atoms with Gasteiger partial charge in [0.2, 0.25) is 0 Å². The number of likely N-dealkylation sites (tertiary alicyclic amines) is 1. The van der Waals surface area contributed by atoms with Crippen LogP contribution in [0.3, 0.4) is 0 Å². The van der Waals surface area contributed by atoms with Crippen molar-refractivity contribution in [3.8, 4) is 5.69 Å². The van der Waals surface area contributed by atoms with Crippen molar-refractivity contribution in [2.75, 3.05) is 25.0 Å². The van der Waals surface area contributed by atoms with Gasteiger partial charge in [-0.15, -0.1) is 0 Å². The molecular weight excluding hydrogens is 336 g/mol. The van der Waals surface area contributed by atoms with Gasteiger partial charge in [-0.3, -0.25) is 4.79 Å². The van der Waals surface area contributed by atoms with Crippen LogP contribution in [0, 0.1) is 5.92 Å². The number of anilines is 1. The Labute approximate surface area is 153 Å². The Bertz CT molecular complexity index is 752. The fourth-order valence-electron chi connectivity index (χ4n) is 3.28. The zero-order chi connectivity index (χ0) is 17.8. The fourth-order valence-corrected chi connectivity index (χ4v) is 3.47. The molecule has 2 heterocycles.